The standard InChI is InChI=1S/C20H21N5O2S/c26-19(21-14-17-12-7-13-27-17)18(15-8-3-1-4-9-15)28-20-22-23-24-25(20)16-10-5-2-6-11-16/h1-6,8-11,17-18H,7,12-14H2,(H,21,26)/t17-,18+/m0/s1. The maximum absolute atomic E-state index is 13.0. The van der Waals surface area contributed by atoms with Crippen molar-refractivity contribution in [1.82, 2.24) is 25.5 Å². The molecule has 1 amide bonds. The van der Waals surface area contributed by atoms with Crippen LogP contribution in [0.4, 0.5) is 0 Å². The van der Waals surface area contributed by atoms with Crippen LogP contribution in [0.25, 0.3) is 5.69 Å². The molecule has 7 nitrogen and oxygen atoms in total. The fraction of sp³-hybridized carbons (Fsp3) is 0.300. The fourth-order valence-electron chi connectivity index (χ4n) is 3.10. The van der Waals surface area contributed by atoms with Crippen LogP contribution in [0.5, 0.6) is 0 Å². The molecule has 0 radical (unpaired) electrons. The first-order chi connectivity index (χ1) is 13.8. The van der Waals surface area contributed by atoms with Crippen molar-refractivity contribution in [1.29, 1.82) is 0 Å². The highest BCUT2D eigenvalue weighted by Crippen LogP contribution is 2.34. The first-order valence-corrected chi connectivity index (χ1v) is 10.1. The van der Waals surface area contributed by atoms with Crippen LogP contribution in [0.1, 0.15) is 23.7 Å². The Balaban J connectivity index is 1.55. The second-order valence-corrected chi connectivity index (χ2v) is 7.57. The third-order valence-corrected chi connectivity index (χ3v) is 5.72. The highest BCUT2D eigenvalue weighted by atomic mass is 32.2. The summed E-state index contributed by atoms with van der Waals surface area (Å²) in [5.41, 5.74) is 1.75. The Kier molecular flexibility index (Phi) is 5.98. The molecule has 1 aliphatic heterocycles. The number of nitrogens with zero attached hydrogens (tertiary/aromatic N) is 4. The maximum atomic E-state index is 13.0. The molecule has 3 aromatic rings. The molecule has 1 fully saturated rings. The molecule has 2 atom stereocenters. The van der Waals surface area contributed by atoms with Crippen molar-refractivity contribution in [3.63, 3.8) is 0 Å². The van der Waals surface area contributed by atoms with E-state index in [1.165, 1.54) is 11.8 Å². The minimum absolute atomic E-state index is 0.0747. The first-order valence-electron chi connectivity index (χ1n) is 9.26. The van der Waals surface area contributed by atoms with E-state index < -0.39 is 5.25 Å². The van der Waals surface area contributed by atoms with Crippen LogP contribution in [0, 0.1) is 0 Å². The predicted molar refractivity (Wildman–Crippen MR) is 106 cm³/mol. The average molecular weight is 395 g/mol. The van der Waals surface area contributed by atoms with Crippen LogP contribution in [0.15, 0.2) is 65.8 Å². The molecule has 0 unspecified atom stereocenters. The lowest BCUT2D eigenvalue weighted by Gasteiger charge is -2.18. The van der Waals surface area contributed by atoms with Crippen molar-refractivity contribution in [2.75, 3.05) is 13.2 Å². The molecular weight excluding hydrogens is 374 g/mol. The van der Waals surface area contributed by atoms with E-state index in [1.54, 1.807) is 4.68 Å². The predicted octanol–water partition coefficient (Wildman–Crippen LogP) is 2.79. The molecule has 1 aliphatic rings. The van der Waals surface area contributed by atoms with Gasteiger partial charge in [-0.3, -0.25) is 4.79 Å². The topological polar surface area (TPSA) is 81.9 Å². The maximum Gasteiger partial charge on any atom is 0.238 e. The number of aromatic nitrogens is 4. The molecule has 4 rings (SSSR count). The molecule has 1 N–H and O–H groups in total. The quantitative estimate of drug-likeness (QED) is 0.620. The van der Waals surface area contributed by atoms with Gasteiger partial charge in [0.1, 0.15) is 5.25 Å². The SMILES string of the molecule is O=C(NC[C@@H]1CCCO1)[C@H](Sc1nnnn1-c1ccccc1)c1ccccc1. The van der Waals surface area contributed by atoms with Crippen LogP contribution >= 0.6 is 11.8 Å². The molecule has 1 aromatic heterocycles. The van der Waals surface area contributed by atoms with Crippen molar-refractivity contribution in [3.8, 4) is 5.69 Å². The summed E-state index contributed by atoms with van der Waals surface area (Å²) in [6.45, 7) is 1.29. The van der Waals surface area contributed by atoms with Gasteiger partial charge in [-0.25, -0.2) is 0 Å². The van der Waals surface area contributed by atoms with E-state index in [9.17, 15) is 4.79 Å². The number of thioether (sulfide) groups is 1. The van der Waals surface area contributed by atoms with E-state index in [0.29, 0.717) is 11.7 Å². The molecule has 0 spiro atoms. The summed E-state index contributed by atoms with van der Waals surface area (Å²) in [6.07, 6.45) is 2.12. The summed E-state index contributed by atoms with van der Waals surface area (Å²) in [6, 6.07) is 19.3. The summed E-state index contributed by atoms with van der Waals surface area (Å²) in [7, 11) is 0. The lowest BCUT2D eigenvalue weighted by molar-refractivity contribution is -0.121. The highest BCUT2D eigenvalue weighted by Gasteiger charge is 2.26. The monoisotopic (exact) mass is 395 g/mol. The van der Waals surface area contributed by atoms with Crippen LogP contribution < -0.4 is 5.32 Å². The lowest BCUT2D eigenvalue weighted by Crippen LogP contribution is -2.34. The summed E-state index contributed by atoms with van der Waals surface area (Å²) in [5.74, 6) is -0.0747. The number of tetrazole rings is 1. The third kappa shape index (κ3) is 4.40. The molecule has 1 saturated heterocycles. The number of carbonyl (C=O) groups is 1. The summed E-state index contributed by atoms with van der Waals surface area (Å²) >= 11 is 1.33. The molecule has 0 bridgehead atoms. The average Bonchev–Trinajstić information content (AvgIpc) is 3.43. The molecule has 2 heterocycles. The van der Waals surface area contributed by atoms with Gasteiger partial charge in [-0.15, -0.1) is 5.10 Å². The number of rotatable bonds is 7. The number of hydrogen-bond acceptors (Lipinski definition) is 6. The van der Waals surface area contributed by atoms with Gasteiger partial charge in [-0.2, -0.15) is 4.68 Å². The second kappa shape index (κ2) is 8.99. The van der Waals surface area contributed by atoms with Crippen molar-refractivity contribution in [3.05, 3.63) is 66.2 Å². The van der Waals surface area contributed by atoms with Gasteiger partial charge < -0.3 is 10.1 Å². The summed E-state index contributed by atoms with van der Waals surface area (Å²) < 4.78 is 7.26. The van der Waals surface area contributed by atoms with E-state index in [-0.39, 0.29) is 12.0 Å². The zero-order valence-electron chi connectivity index (χ0n) is 15.3. The summed E-state index contributed by atoms with van der Waals surface area (Å²) in [5, 5.41) is 15.2. The van der Waals surface area contributed by atoms with E-state index >= 15 is 0 Å². The number of hydrogen-bond donors (Lipinski definition) is 1. The Morgan fingerprint density at radius 1 is 1.18 bits per heavy atom. The van der Waals surface area contributed by atoms with E-state index in [4.69, 9.17) is 4.74 Å². The fourth-order valence-corrected chi connectivity index (χ4v) is 4.12. The van der Waals surface area contributed by atoms with Gasteiger partial charge in [0.05, 0.1) is 11.8 Å². The Bertz CT molecular complexity index is 897. The second-order valence-electron chi connectivity index (χ2n) is 6.50. The largest absolute Gasteiger partial charge is 0.376 e. The van der Waals surface area contributed by atoms with Crippen molar-refractivity contribution in [2.24, 2.45) is 0 Å². The third-order valence-electron chi connectivity index (χ3n) is 4.53. The number of ether oxygens (including phenoxy) is 1. The van der Waals surface area contributed by atoms with Crippen molar-refractivity contribution in [2.45, 2.75) is 29.4 Å². The Hall–Kier alpha value is -2.71. The van der Waals surface area contributed by atoms with Crippen LogP contribution in [0.2, 0.25) is 0 Å². The Labute approximate surface area is 167 Å². The zero-order valence-corrected chi connectivity index (χ0v) is 16.1. The molecular formula is C20H21N5O2S. The van der Waals surface area contributed by atoms with Gasteiger partial charge in [-0.1, -0.05) is 60.3 Å². The molecule has 8 heteroatoms. The van der Waals surface area contributed by atoms with Crippen LogP contribution in [-0.4, -0.2) is 45.4 Å². The normalized spacial score (nSPS) is 17.4. The van der Waals surface area contributed by atoms with Crippen LogP contribution in [-0.2, 0) is 9.53 Å². The van der Waals surface area contributed by atoms with Gasteiger partial charge in [-0.05, 0) is 41.0 Å². The minimum Gasteiger partial charge on any atom is -0.376 e. The molecule has 0 aliphatic carbocycles. The number of nitrogens with one attached hydrogen (secondary N) is 1. The van der Waals surface area contributed by atoms with Crippen molar-refractivity contribution < 1.29 is 9.53 Å². The number of para-hydroxylation sites is 1. The van der Waals surface area contributed by atoms with E-state index in [1.807, 2.05) is 60.7 Å². The number of benzene rings is 2. The smallest absolute Gasteiger partial charge is 0.238 e. The highest BCUT2D eigenvalue weighted by molar-refractivity contribution is 8.00. The van der Waals surface area contributed by atoms with Gasteiger partial charge in [0.15, 0.2) is 0 Å². The van der Waals surface area contributed by atoms with Gasteiger partial charge in [0.2, 0.25) is 11.1 Å². The Morgan fingerprint density at radius 2 is 1.93 bits per heavy atom. The molecule has 144 valence electrons. The van der Waals surface area contributed by atoms with E-state index in [2.05, 4.69) is 20.8 Å². The van der Waals surface area contributed by atoms with Gasteiger partial charge in [0, 0.05) is 13.2 Å². The molecule has 28 heavy (non-hydrogen) atoms. The van der Waals surface area contributed by atoms with Gasteiger partial charge >= 0.3 is 0 Å². The molecule has 0 saturated carbocycles. The van der Waals surface area contributed by atoms with E-state index in [0.717, 1.165) is 30.7 Å². The minimum atomic E-state index is -0.462. The Morgan fingerprint density at radius 3 is 2.64 bits per heavy atom. The van der Waals surface area contributed by atoms with Crippen molar-refractivity contribution >= 4 is 17.7 Å². The number of amides is 1. The van der Waals surface area contributed by atoms with Crippen LogP contribution in [0.3, 0.4) is 0 Å². The zero-order chi connectivity index (χ0) is 19.2. The van der Waals surface area contributed by atoms with Gasteiger partial charge in [0.25, 0.3) is 0 Å². The summed E-state index contributed by atoms with van der Waals surface area (Å²) in [4.78, 5) is 13.0. The first kappa shape index (κ1) is 18.6. The number of carbonyl (C=O) groups excluding carboxylic acids is 1. The molecule has 2 aromatic carbocycles. The lowest BCUT2D eigenvalue weighted by atomic mass is 10.1.